The smallest absolute Gasteiger partial charge is 0.234 e. The molecular weight excluding hydrogens is 382 g/mol. The van der Waals surface area contributed by atoms with Crippen LogP contribution in [0.5, 0.6) is 0 Å². The van der Waals surface area contributed by atoms with Crippen LogP contribution in [0.15, 0.2) is 65.7 Å². The molecule has 1 aliphatic heterocycles. The van der Waals surface area contributed by atoms with Gasteiger partial charge in [0, 0.05) is 23.2 Å². The zero-order valence-electron chi connectivity index (χ0n) is 16.5. The van der Waals surface area contributed by atoms with E-state index >= 15 is 0 Å². The van der Waals surface area contributed by atoms with E-state index in [0.29, 0.717) is 18.9 Å². The van der Waals surface area contributed by atoms with Gasteiger partial charge in [0.2, 0.25) is 5.91 Å². The predicted molar refractivity (Wildman–Crippen MR) is 116 cm³/mol. The van der Waals surface area contributed by atoms with E-state index in [0.717, 1.165) is 27.5 Å². The Labute approximate surface area is 174 Å². The van der Waals surface area contributed by atoms with Crippen molar-refractivity contribution in [3.63, 3.8) is 0 Å². The number of nitrogens with one attached hydrogen (secondary N) is 1. The van der Waals surface area contributed by atoms with Gasteiger partial charge in [0.15, 0.2) is 5.82 Å². The molecule has 29 heavy (non-hydrogen) atoms. The molecule has 1 amide bonds. The molecule has 1 aliphatic rings. The molecule has 6 heteroatoms. The fraction of sp³-hybridized carbons (Fsp3) is 0.261. The molecule has 2 aromatic carbocycles. The van der Waals surface area contributed by atoms with E-state index in [1.807, 2.05) is 60.7 Å². The zero-order chi connectivity index (χ0) is 20.3. The van der Waals surface area contributed by atoms with E-state index < -0.39 is 0 Å². The summed E-state index contributed by atoms with van der Waals surface area (Å²) in [4.78, 5) is 22.0. The second-order valence-electron chi connectivity index (χ2n) is 7.57. The Morgan fingerprint density at radius 3 is 2.48 bits per heavy atom. The fourth-order valence-corrected chi connectivity index (χ4v) is 4.05. The molecule has 1 N–H and O–H groups in total. The van der Waals surface area contributed by atoms with Crippen molar-refractivity contribution in [2.45, 2.75) is 37.5 Å². The van der Waals surface area contributed by atoms with Crippen LogP contribution in [0.2, 0.25) is 0 Å². The number of hydrogen-bond acceptors (Lipinski definition) is 5. The van der Waals surface area contributed by atoms with Crippen molar-refractivity contribution in [2.75, 3.05) is 11.1 Å². The van der Waals surface area contributed by atoms with E-state index in [4.69, 9.17) is 14.7 Å². The predicted octanol–water partition coefficient (Wildman–Crippen LogP) is 4.73. The molecule has 0 spiro atoms. The number of carbonyl (C=O) groups is 1. The molecule has 2 heterocycles. The van der Waals surface area contributed by atoms with Crippen molar-refractivity contribution in [2.24, 2.45) is 0 Å². The van der Waals surface area contributed by atoms with Gasteiger partial charge in [-0.15, -0.1) is 0 Å². The highest BCUT2D eigenvalue weighted by Crippen LogP contribution is 2.34. The van der Waals surface area contributed by atoms with Crippen LogP contribution >= 0.6 is 11.8 Å². The lowest BCUT2D eigenvalue weighted by molar-refractivity contribution is -0.113. The number of anilines is 1. The monoisotopic (exact) mass is 405 g/mol. The Balaban J connectivity index is 1.59. The van der Waals surface area contributed by atoms with E-state index in [-0.39, 0.29) is 17.3 Å². The third-order valence-electron chi connectivity index (χ3n) is 4.68. The Morgan fingerprint density at radius 2 is 1.76 bits per heavy atom. The Bertz CT molecular complexity index is 1010. The first-order valence-electron chi connectivity index (χ1n) is 9.57. The third-order valence-corrected chi connectivity index (χ3v) is 5.70. The van der Waals surface area contributed by atoms with Crippen molar-refractivity contribution >= 4 is 23.4 Å². The molecule has 3 aromatic rings. The Hall–Kier alpha value is -2.70. The summed E-state index contributed by atoms with van der Waals surface area (Å²) in [5.41, 5.74) is 3.48. The normalized spacial score (nSPS) is 14.8. The number of ether oxygens (including phenoxy) is 1. The summed E-state index contributed by atoms with van der Waals surface area (Å²) in [7, 11) is 0. The largest absolute Gasteiger partial charge is 0.370 e. The number of aromatic nitrogens is 2. The summed E-state index contributed by atoms with van der Waals surface area (Å²) in [5.74, 6) is 0.899. The summed E-state index contributed by atoms with van der Waals surface area (Å²) in [6, 6.07) is 19.4. The van der Waals surface area contributed by atoms with Crippen molar-refractivity contribution in [1.82, 2.24) is 9.97 Å². The molecule has 5 nitrogen and oxygen atoms in total. The summed E-state index contributed by atoms with van der Waals surface area (Å²) in [6.07, 6.45) is 0.717. The van der Waals surface area contributed by atoms with Gasteiger partial charge >= 0.3 is 0 Å². The maximum Gasteiger partial charge on any atom is 0.234 e. The molecule has 0 fully saturated rings. The molecule has 0 bridgehead atoms. The summed E-state index contributed by atoms with van der Waals surface area (Å²) < 4.78 is 5.99. The Kier molecular flexibility index (Phi) is 5.65. The minimum Gasteiger partial charge on any atom is -0.370 e. The molecule has 0 saturated heterocycles. The number of benzene rings is 2. The van der Waals surface area contributed by atoms with Crippen LogP contribution < -0.4 is 5.32 Å². The van der Waals surface area contributed by atoms with Crippen molar-refractivity contribution < 1.29 is 9.53 Å². The summed E-state index contributed by atoms with van der Waals surface area (Å²) >= 11 is 1.43. The number of hydrogen-bond donors (Lipinski definition) is 1. The van der Waals surface area contributed by atoms with Crippen LogP contribution in [-0.2, 0) is 22.6 Å². The van der Waals surface area contributed by atoms with Gasteiger partial charge < -0.3 is 10.1 Å². The first kappa shape index (κ1) is 19.6. The number of para-hydroxylation sites is 1. The molecule has 0 saturated carbocycles. The number of thioether (sulfide) groups is 1. The van der Waals surface area contributed by atoms with Crippen LogP contribution in [0.25, 0.3) is 11.4 Å². The summed E-state index contributed by atoms with van der Waals surface area (Å²) in [6.45, 7) is 4.60. The standard InChI is InChI=1S/C23H23N3O2S/c1-23(2)13-19-18(14-28-23)22(26-21(25-19)16-9-5-3-6-10-16)29-15-20(27)24-17-11-7-4-8-12-17/h3-12H,13-15H2,1-2H3,(H,24,27). The highest BCUT2D eigenvalue weighted by atomic mass is 32.2. The molecule has 1 aromatic heterocycles. The van der Waals surface area contributed by atoms with Gasteiger partial charge in [-0.1, -0.05) is 60.3 Å². The average molecular weight is 406 g/mol. The fourth-order valence-electron chi connectivity index (χ4n) is 3.21. The lowest BCUT2D eigenvalue weighted by Gasteiger charge is -2.32. The van der Waals surface area contributed by atoms with E-state index in [1.54, 1.807) is 0 Å². The molecule has 148 valence electrons. The molecule has 0 unspecified atom stereocenters. The topological polar surface area (TPSA) is 64.1 Å². The number of amides is 1. The van der Waals surface area contributed by atoms with Crippen LogP contribution in [-0.4, -0.2) is 27.2 Å². The van der Waals surface area contributed by atoms with Gasteiger partial charge in [-0.05, 0) is 26.0 Å². The highest BCUT2D eigenvalue weighted by molar-refractivity contribution is 8.00. The molecule has 0 radical (unpaired) electrons. The minimum absolute atomic E-state index is 0.0631. The van der Waals surface area contributed by atoms with Gasteiger partial charge in [0.25, 0.3) is 0 Å². The number of nitrogens with zero attached hydrogens (tertiary/aromatic N) is 2. The lowest BCUT2D eigenvalue weighted by atomic mass is 9.96. The lowest BCUT2D eigenvalue weighted by Crippen LogP contribution is -2.33. The van der Waals surface area contributed by atoms with Crippen molar-refractivity contribution in [3.05, 3.63) is 71.9 Å². The quantitative estimate of drug-likeness (QED) is 0.491. The Morgan fingerprint density at radius 1 is 1.07 bits per heavy atom. The van der Waals surface area contributed by atoms with Gasteiger partial charge in [-0.2, -0.15) is 0 Å². The maximum atomic E-state index is 12.4. The van der Waals surface area contributed by atoms with E-state index in [1.165, 1.54) is 11.8 Å². The second-order valence-corrected chi connectivity index (χ2v) is 8.54. The van der Waals surface area contributed by atoms with E-state index in [9.17, 15) is 4.79 Å². The van der Waals surface area contributed by atoms with Gasteiger partial charge in [-0.3, -0.25) is 4.79 Å². The van der Waals surface area contributed by atoms with Crippen molar-refractivity contribution in [3.8, 4) is 11.4 Å². The average Bonchev–Trinajstić information content (AvgIpc) is 2.72. The SMILES string of the molecule is CC1(C)Cc2nc(-c3ccccc3)nc(SCC(=O)Nc3ccccc3)c2CO1. The van der Waals surface area contributed by atoms with E-state index in [2.05, 4.69) is 19.2 Å². The van der Waals surface area contributed by atoms with Gasteiger partial charge in [0.1, 0.15) is 5.03 Å². The number of rotatable bonds is 5. The van der Waals surface area contributed by atoms with Crippen LogP contribution in [0.3, 0.4) is 0 Å². The van der Waals surface area contributed by atoms with Crippen LogP contribution in [0, 0.1) is 0 Å². The molecular formula is C23H23N3O2S. The second kappa shape index (κ2) is 8.35. The number of fused-ring (bicyclic) bond motifs is 1. The van der Waals surface area contributed by atoms with Gasteiger partial charge in [0.05, 0.1) is 23.7 Å². The first-order valence-corrected chi connectivity index (χ1v) is 10.6. The highest BCUT2D eigenvalue weighted by Gasteiger charge is 2.30. The summed E-state index contributed by atoms with van der Waals surface area (Å²) in [5, 5.41) is 3.73. The number of carbonyl (C=O) groups excluding carboxylic acids is 1. The van der Waals surface area contributed by atoms with Crippen LogP contribution in [0.1, 0.15) is 25.1 Å². The van der Waals surface area contributed by atoms with Crippen LogP contribution in [0.4, 0.5) is 5.69 Å². The maximum absolute atomic E-state index is 12.4. The minimum atomic E-state index is -0.262. The third kappa shape index (κ3) is 4.83. The zero-order valence-corrected chi connectivity index (χ0v) is 17.3. The molecule has 0 atom stereocenters. The molecule has 0 aliphatic carbocycles. The first-order chi connectivity index (χ1) is 14.0. The van der Waals surface area contributed by atoms with Crippen molar-refractivity contribution in [1.29, 1.82) is 0 Å². The molecule has 4 rings (SSSR count). The van der Waals surface area contributed by atoms with Gasteiger partial charge in [-0.25, -0.2) is 9.97 Å².